The Balaban J connectivity index is 5.29. The Labute approximate surface area is 636 Å². The minimum atomic E-state index is -4.98. The zero-order chi connectivity index (χ0) is 76.2. The van der Waals surface area contributed by atoms with E-state index in [9.17, 15) is 43.2 Å². The molecule has 0 aliphatic heterocycles. The lowest BCUT2D eigenvalue weighted by Crippen LogP contribution is -2.30. The second-order valence-corrected chi connectivity index (χ2v) is 32.6. The number of carbonyl (C=O) groups is 4. The average Bonchev–Trinajstić information content (AvgIpc) is 0.921. The molecule has 5 atom stereocenters. The van der Waals surface area contributed by atoms with Gasteiger partial charge in [0.15, 0.2) is 12.2 Å². The molecule has 610 valence electrons. The van der Waals surface area contributed by atoms with Gasteiger partial charge >= 0.3 is 39.5 Å². The van der Waals surface area contributed by atoms with Gasteiger partial charge in [0.1, 0.15) is 19.3 Å². The smallest absolute Gasteiger partial charge is 0.462 e. The van der Waals surface area contributed by atoms with Crippen LogP contribution in [0, 0.1) is 5.92 Å². The van der Waals surface area contributed by atoms with Crippen molar-refractivity contribution in [2.24, 2.45) is 5.92 Å². The average molecular weight is 1510 g/mol. The largest absolute Gasteiger partial charge is 0.472 e. The molecule has 0 aliphatic rings. The van der Waals surface area contributed by atoms with E-state index >= 15 is 0 Å². The van der Waals surface area contributed by atoms with Crippen molar-refractivity contribution < 1.29 is 80.2 Å². The molecule has 0 saturated carbocycles. The number of aliphatic hydroxyl groups is 1. The Morgan fingerprint density at radius 1 is 0.298 bits per heavy atom. The molecule has 0 spiro atoms. The molecule has 104 heavy (non-hydrogen) atoms. The number of phosphoric acid groups is 2. The second kappa shape index (κ2) is 76.8. The zero-order valence-corrected chi connectivity index (χ0v) is 68.9. The van der Waals surface area contributed by atoms with Crippen LogP contribution in [0.1, 0.15) is 407 Å². The molecule has 2 unspecified atom stereocenters. The third kappa shape index (κ3) is 77.2. The lowest BCUT2D eigenvalue weighted by molar-refractivity contribution is -0.161. The summed E-state index contributed by atoms with van der Waals surface area (Å²) in [6.45, 7) is 7.19. The highest BCUT2D eigenvalue weighted by molar-refractivity contribution is 7.47. The summed E-state index contributed by atoms with van der Waals surface area (Å²) < 4.78 is 68.7. The van der Waals surface area contributed by atoms with Crippen molar-refractivity contribution in [1.29, 1.82) is 0 Å². The molecule has 0 rings (SSSR count). The molecular weight excluding hydrogens is 1350 g/mol. The molecule has 0 heterocycles. The Morgan fingerprint density at radius 2 is 0.519 bits per heavy atom. The summed E-state index contributed by atoms with van der Waals surface area (Å²) in [5.74, 6) is -1.43. The summed E-state index contributed by atoms with van der Waals surface area (Å²) in [6, 6.07) is 0. The number of allylic oxidation sites excluding steroid dienone is 8. The molecule has 0 radical (unpaired) electrons. The maximum Gasteiger partial charge on any atom is 0.472 e. The van der Waals surface area contributed by atoms with E-state index in [1.807, 2.05) is 0 Å². The van der Waals surface area contributed by atoms with Gasteiger partial charge in [-0.2, -0.15) is 0 Å². The summed E-state index contributed by atoms with van der Waals surface area (Å²) in [7, 11) is -9.95. The van der Waals surface area contributed by atoms with E-state index in [1.165, 1.54) is 199 Å². The summed E-state index contributed by atoms with van der Waals surface area (Å²) in [5, 5.41) is 10.7. The fraction of sp³-hybridized carbons (Fsp3) is 0.859. The highest BCUT2D eigenvalue weighted by atomic mass is 31.2. The number of phosphoric ester groups is 2. The molecule has 3 N–H and O–H groups in total. The van der Waals surface area contributed by atoms with E-state index < -0.39 is 97.5 Å². The number of hydrogen-bond donors (Lipinski definition) is 3. The number of rotatable bonds is 81. The fourth-order valence-corrected chi connectivity index (χ4v) is 13.8. The first kappa shape index (κ1) is 101. The van der Waals surface area contributed by atoms with Crippen molar-refractivity contribution in [3.05, 3.63) is 48.6 Å². The third-order valence-corrected chi connectivity index (χ3v) is 20.7. The monoisotopic (exact) mass is 1510 g/mol. The van der Waals surface area contributed by atoms with Gasteiger partial charge in [-0.3, -0.25) is 37.3 Å². The van der Waals surface area contributed by atoms with Crippen LogP contribution in [0.5, 0.6) is 0 Å². The van der Waals surface area contributed by atoms with E-state index in [1.54, 1.807) is 0 Å². The van der Waals surface area contributed by atoms with Gasteiger partial charge in [0, 0.05) is 25.7 Å². The van der Waals surface area contributed by atoms with E-state index in [4.69, 9.17) is 37.0 Å². The summed E-state index contributed by atoms with van der Waals surface area (Å²) in [6.07, 6.45) is 75.3. The van der Waals surface area contributed by atoms with Crippen LogP contribution in [-0.2, 0) is 65.4 Å². The normalized spacial score (nSPS) is 14.1. The Hall–Kier alpha value is -2.98. The van der Waals surface area contributed by atoms with Gasteiger partial charge in [-0.25, -0.2) is 9.13 Å². The van der Waals surface area contributed by atoms with Gasteiger partial charge in [0.25, 0.3) is 0 Å². The lowest BCUT2D eigenvalue weighted by Gasteiger charge is -2.21. The van der Waals surface area contributed by atoms with E-state index in [0.717, 1.165) is 128 Å². The predicted octanol–water partition coefficient (Wildman–Crippen LogP) is 25.1. The highest BCUT2D eigenvalue weighted by Gasteiger charge is 2.30. The predicted molar refractivity (Wildman–Crippen MR) is 427 cm³/mol. The van der Waals surface area contributed by atoms with Gasteiger partial charge in [-0.1, -0.05) is 353 Å². The summed E-state index contributed by atoms with van der Waals surface area (Å²) >= 11 is 0. The van der Waals surface area contributed by atoms with Crippen LogP contribution < -0.4 is 0 Å². The van der Waals surface area contributed by atoms with Gasteiger partial charge in [-0.15, -0.1) is 0 Å². The minimum Gasteiger partial charge on any atom is -0.462 e. The highest BCUT2D eigenvalue weighted by Crippen LogP contribution is 2.45. The standard InChI is InChI=1S/C85H158O17P2/c1-6-9-12-15-18-21-24-27-30-31-32-33-34-35-36-39-42-45-50-56-61-66-71-85(90)101-80(74-95-82(87)68-63-58-53-48-43-40-37-28-25-22-19-16-13-10-7-2)76-99-103(91,92)97-72-79(86)73-98-104(93,94)100-77-81(75-96-83(88)69-64-59-54-51-46-47-52-57-62-67-78(4)5)102-84(89)70-65-60-55-49-44-41-38-29-26-23-20-17-14-11-8-3/h22-23,25-26,28-29,37-38,78-81,86H,6-21,24,27,30-36,39-77H2,1-5H3,(H,91,92)(H,93,94)/b25-22-,26-23-,37-28-,38-29-/t79-,80-,81-/m1/s1. The number of hydrogen-bond acceptors (Lipinski definition) is 15. The van der Waals surface area contributed by atoms with Crippen LogP contribution >= 0.6 is 15.6 Å². The Kier molecular flexibility index (Phi) is 74.6. The SMILES string of the molecule is CCCCCC/C=C\C=C/CCCCCCCC(=O)OC[C@H](COP(=O)(O)OC[C@@H](O)COP(=O)(O)OC[C@@H](COC(=O)CCCCCCCCCCCC(C)C)OC(=O)CCCCCCC/C=C\C=C/CCCCCC)OC(=O)CCCCCCCCCCCCCCCCCCCCCCCC. The molecule has 0 bridgehead atoms. The molecule has 0 aliphatic carbocycles. The van der Waals surface area contributed by atoms with Gasteiger partial charge in [0.05, 0.1) is 26.4 Å². The fourth-order valence-electron chi connectivity index (χ4n) is 12.2. The molecule has 17 nitrogen and oxygen atoms in total. The molecule has 0 aromatic rings. The first-order valence-electron chi connectivity index (χ1n) is 42.8. The third-order valence-electron chi connectivity index (χ3n) is 18.8. The Morgan fingerprint density at radius 3 is 0.788 bits per heavy atom. The van der Waals surface area contributed by atoms with Crippen molar-refractivity contribution in [1.82, 2.24) is 0 Å². The minimum absolute atomic E-state index is 0.0827. The van der Waals surface area contributed by atoms with Gasteiger partial charge in [-0.05, 0) is 83.0 Å². The molecule has 0 saturated heterocycles. The van der Waals surface area contributed by atoms with Crippen LogP contribution in [0.4, 0.5) is 0 Å². The van der Waals surface area contributed by atoms with Gasteiger partial charge < -0.3 is 33.8 Å². The maximum absolute atomic E-state index is 13.1. The topological polar surface area (TPSA) is 237 Å². The van der Waals surface area contributed by atoms with Crippen molar-refractivity contribution in [3.63, 3.8) is 0 Å². The van der Waals surface area contributed by atoms with Gasteiger partial charge in [0.2, 0.25) is 0 Å². The van der Waals surface area contributed by atoms with Crippen LogP contribution in [0.25, 0.3) is 0 Å². The van der Waals surface area contributed by atoms with Crippen LogP contribution in [-0.4, -0.2) is 96.7 Å². The Bertz CT molecular complexity index is 2170. The number of unbranched alkanes of at least 4 members (excludes halogenated alkanes) is 47. The first-order valence-corrected chi connectivity index (χ1v) is 45.8. The van der Waals surface area contributed by atoms with Crippen molar-refractivity contribution in [2.45, 2.75) is 425 Å². The molecule has 0 aromatic heterocycles. The zero-order valence-electron chi connectivity index (χ0n) is 67.1. The van der Waals surface area contributed by atoms with Crippen LogP contribution in [0.3, 0.4) is 0 Å². The summed E-state index contributed by atoms with van der Waals surface area (Å²) in [5.41, 5.74) is 0. The molecular formula is C85H158O17P2. The first-order chi connectivity index (χ1) is 50.5. The van der Waals surface area contributed by atoms with Crippen molar-refractivity contribution in [3.8, 4) is 0 Å². The number of carbonyl (C=O) groups excluding carboxylic acids is 4. The molecule has 19 heteroatoms. The van der Waals surface area contributed by atoms with E-state index in [2.05, 4.69) is 83.2 Å². The number of ether oxygens (including phenoxy) is 4. The quantitative estimate of drug-likeness (QED) is 0.0169. The molecule has 0 amide bonds. The summed E-state index contributed by atoms with van der Waals surface area (Å²) in [4.78, 5) is 73.1. The van der Waals surface area contributed by atoms with E-state index in [-0.39, 0.29) is 25.7 Å². The van der Waals surface area contributed by atoms with Crippen molar-refractivity contribution in [2.75, 3.05) is 39.6 Å². The maximum atomic E-state index is 13.1. The second-order valence-electron chi connectivity index (χ2n) is 29.7. The lowest BCUT2D eigenvalue weighted by atomic mass is 10.0. The molecule has 0 fully saturated rings. The molecule has 0 aromatic carbocycles. The van der Waals surface area contributed by atoms with Crippen LogP contribution in [0.15, 0.2) is 48.6 Å². The van der Waals surface area contributed by atoms with Crippen molar-refractivity contribution >= 4 is 39.5 Å². The number of aliphatic hydroxyl groups excluding tert-OH is 1. The van der Waals surface area contributed by atoms with Crippen LogP contribution in [0.2, 0.25) is 0 Å². The van der Waals surface area contributed by atoms with E-state index in [0.29, 0.717) is 25.7 Å². The number of esters is 4.